The van der Waals surface area contributed by atoms with Crippen molar-refractivity contribution in [3.05, 3.63) is 46.3 Å². The first-order valence-electron chi connectivity index (χ1n) is 9.85. The lowest BCUT2D eigenvalue weighted by molar-refractivity contribution is -0.139. The van der Waals surface area contributed by atoms with E-state index < -0.39 is 5.66 Å². The number of fused-ring (bicyclic) bond motifs is 3. The zero-order valence-corrected chi connectivity index (χ0v) is 16.6. The van der Waals surface area contributed by atoms with Crippen LogP contribution in [0.3, 0.4) is 0 Å². The number of carbonyl (C=O) groups is 2. The van der Waals surface area contributed by atoms with Gasteiger partial charge in [-0.2, -0.15) is 0 Å². The molecule has 4 atom stereocenters. The number of anilines is 1. The molecule has 2 aromatic heterocycles. The molecule has 0 saturated heterocycles. The Hall–Kier alpha value is -2.41. The minimum Gasteiger partial charge on any atom is -0.351 e. The van der Waals surface area contributed by atoms with Crippen LogP contribution in [0.1, 0.15) is 47.8 Å². The molecule has 4 aliphatic rings. The topological polar surface area (TPSA) is 83.1 Å². The van der Waals surface area contributed by atoms with Crippen molar-refractivity contribution in [2.24, 2.45) is 17.3 Å². The van der Waals surface area contributed by atoms with Gasteiger partial charge < -0.3 is 16.0 Å². The summed E-state index contributed by atoms with van der Waals surface area (Å²) in [4.78, 5) is 31.3. The van der Waals surface area contributed by atoms with Crippen molar-refractivity contribution in [3.8, 4) is 0 Å². The number of carbonyl (C=O) groups excluding carboxylic acids is 2. The molecular weight excluding hydrogens is 372 g/mol. The first kappa shape index (κ1) is 17.7. The van der Waals surface area contributed by atoms with Crippen molar-refractivity contribution in [2.45, 2.75) is 44.8 Å². The summed E-state index contributed by atoms with van der Waals surface area (Å²) >= 11 is 1.66. The van der Waals surface area contributed by atoms with Crippen LogP contribution in [0.5, 0.6) is 0 Å². The van der Waals surface area contributed by atoms with Crippen LogP contribution in [-0.4, -0.2) is 22.5 Å². The number of rotatable bonds is 3. The smallest absolute Gasteiger partial charge is 0.256 e. The van der Waals surface area contributed by atoms with Crippen LogP contribution in [0.4, 0.5) is 5.82 Å². The summed E-state index contributed by atoms with van der Waals surface area (Å²) in [5.41, 5.74) is -0.0680. The number of pyridine rings is 1. The van der Waals surface area contributed by atoms with Crippen LogP contribution in [0.15, 0.2) is 35.8 Å². The van der Waals surface area contributed by atoms with Gasteiger partial charge in [-0.3, -0.25) is 9.59 Å². The summed E-state index contributed by atoms with van der Waals surface area (Å²) in [7, 11) is 0. The average molecular weight is 397 g/mol. The predicted octanol–water partition coefficient (Wildman–Crippen LogP) is 3.14. The minimum atomic E-state index is -0.504. The van der Waals surface area contributed by atoms with Gasteiger partial charge in [0.25, 0.3) is 5.91 Å². The molecule has 6 nitrogen and oxygen atoms in total. The van der Waals surface area contributed by atoms with Crippen molar-refractivity contribution >= 4 is 29.0 Å². The van der Waals surface area contributed by atoms with E-state index >= 15 is 0 Å². The lowest BCUT2D eigenvalue weighted by Crippen LogP contribution is -2.70. The van der Waals surface area contributed by atoms with Gasteiger partial charge in [-0.05, 0) is 54.7 Å². The van der Waals surface area contributed by atoms with E-state index in [0.717, 1.165) is 25.7 Å². The molecule has 0 aromatic carbocycles. The summed E-state index contributed by atoms with van der Waals surface area (Å²) in [6.07, 6.45) is 5.23. The molecule has 3 N–H and O–H groups in total. The quantitative estimate of drug-likeness (QED) is 0.744. The zero-order chi connectivity index (χ0) is 19.4. The van der Waals surface area contributed by atoms with Crippen molar-refractivity contribution in [1.29, 1.82) is 0 Å². The molecule has 3 saturated carbocycles. The lowest BCUT2D eigenvalue weighted by Gasteiger charge is -2.60. The Balaban J connectivity index is 1.37. The largest absolute Gasteiger partial charge is 0.351 e. The first-order valence-corrected chi connectivity index (χ1v) is 10.7. The van der Waals surface area contributed by atoms with Crippen LogP contribution >= 0.6 is 11.3 Å². The average Bonchev–Trinajstić information content (AvgIpc) is 3.19. The van der Waals surface area contributed by atoms with E-state index in [1.165, 1.54) is 4.88 Å². The highest BCUT2D eigenvalue weighted by atomic mass is 32.1. The molecule has 3 heterocycles. The van der Waals surface area contributed by atoms with E-state index in [4.69, 9.17) is 0 Å². The van der Waals surface area contributed by atoms with Crippen LogP contribution in [-0.2, 0) is 11.3 Å². The maximum absolute atomic E-state index is 13.0. The Morgan fingerprint density at radius 3 is 3.04 bits per heavy atom. The third-order valence-electron chi connectivity index (χ3n) is 6.87. The second-order valence-corrected chi connectivity index (χ2v) is 9.63. The van der Waals surface area contributed by atoms with Crippen LogP contribution in [0, 0.1) is 17.3 Å². The number of nitrogens with zero attached hydrogens (tertiary/aromatic N) is 1. The Bertz CT molecular complexity index is 930. The van der Waals surface area contributed by atoms with Gasteiger partial charge in [0.2, 0.25) is 5.91 Å². The SMILES string of the molecule is C[C@@]12CC[C@@H](C[C@H]1C(=O)NCc1cccs1)[C@]1(C2)NC(=O)c2cccnc2N1. The summed E-state index contributed by atoms with van der Waals surface area (Å²) < 4.78 is 0. The predicted molar refractivity (Wildman–Crippen MR) is 108 cm³/mol. The molecular formula is C21H24N4O2S. The Kier molecular flexibility index (Phi) is 3.98. The van der Waals surface area contributed by atoms with Crippen molar-refractivity contribution in [3.63, 3.8) is 0 Å². The first-order chi connectivity index (χ1) is 13.5. The Labute approximate surface area is 168 Å². The number of nitrogens with one attached hydrogen (secondary N) is 3. The summed E-state index contributed by atoms with van der Waals surface area (Å²) in [5.74, 6) is 0.903. The molecule has 6 rings (SSSR count). The van der Waals surface area contributed by atoms with Crippen molar-refractivity contribution < 1.29 is 9.59 Å². The third kappa shape index (κ3) is 2.71. The van der Waals surface area contributed by atoms with Gasteiger partial charge in [-0.15, -0.1) is 11.3 Å². The molecule has 3 fully saturated rings. The second-order valence-electron chi connectivity index (χ2n) is 8.60. The van der Waals surface area contributed by atoms with Gasteiger partial charge in [0.1, 0.15) is 11.5 Å². The molecule has 1 aliphatic heterocycles. The molecule has 2 bridgehead atoms. The van der Waals surface area contributed by atoms with Gasteiger partial charge in [0, 0.05) is 22.9 Å². The highest BCUT2D eigenvalue weighted by Gasteiger charge is 2.60. The van der Waals surface area contributed by atoms with Crippen molar-refractivity contribution in [1.82, 2.24) is 15.6 Å². The number of hydrogen-bond donors (Lipinski definition) is 3. The standard InChI is InChI=1S/C21H24N4O2S/c1-20-7-6-13(10-16(20)19(27)23-11-14-4-3-9-28-14)21(12-20)24-17-15(18(26)25-21)5-2-8-22-17/h2-5,8-9,13,16H,6-7,10-12H2,1H3,(H,22,24)(H,23,27)(H,25,26)/t13-,16-,20-,21-/m0/s1. The maximum Gasteiger partial charge on any atom is 0.256 e. The van der Waals surface area contributed by atoms with Gasteiger partial charge in [-0.25, -0.2) is 4.98 Å². The zero-order valence-electron chi connectivity index (χ0n) is 15.8. The number of amides is 2. The molecule has 0 radical (unpaired) electrons. The van der Waals surface area contributed by atoms with E-state index in [0.29, 0.717) is 17.9 Å². The van der Waals surface area contributed by atoms with E-state index in [-0.39, 0.29) is 29.1 Å². The van der Waals surface area contributed by atoms with Gasteiger partial charge in [-0.1, -0.05) is 13.0 Å². The van der Waals surface area contributed by atoms with Crippen molar-refractivity contribution in [2.75, 3.05) is 5.32 Å². The number of thiophene rings is 1. The Morgan fingerprint density at radius 2 is 2.25 bits per heavy atom. The van der Waals surface area contributed by atoms with Gasteiger partial charge in [0.05, 0.1) is 12.1 Å². The lowest BCUT2D eigenvalue weighted by atomic mass is 9.51. The second kappa shape index (κ2) is 6.30. The molecule has 1 spiro atoms. The normalized spacial score (nSPS) is 33.1. The van der Waals surface area contributed by atoms with Gasteiger partial charge in [0.15, 0.2) is 0 Å². The van der Waals surface area contributed by atoms with E-state index in [1.54, 1.807) is 29.7 Å². The Morgan fingerprint density at radius 1 is 1.36 bits per heavy atom. The van der Waals surface area contributed by atoms with Gasteiger partial charge >= 0.3 is 0 Å². The van der Waals surface area contributed by atoms with E-state index in [2.05, 4.69) is 27.9 Å². The fourth-order valence-electron chi connectivity index (χ4n) is 5.43. The third-order valence-corrected chi connectivity index (χ3v) is 7.75. The van der Waals surface area contributed by atoms with Crippen LogP contribution in [0.25, 0.3) is 0 Å². The monoisotopic (exact) mass is 396 g/mol. The van der Waals surface area contributed by atoms with Crippen LogP contribution < -0.4 is 16.0 Å². The molecule has 0 unspecified atom stereocenters. The summed E-state index contributed by atoms with van der Waals surface area (Å²) in [5, 5.41) is 11.9. The molecule has 28 heavy (non-hydrogen) atoms. The molecule has 3 aliphatic carbocycles. The molecule has 146 valence electrons. The van der Waals surface area contributed by atoms with E-state index in [9.17, 15) is 9.59 Å². The highest BCUT2D eigenvalue weighted by molar-refractivity contribution is 7.09. The fourth-order valence-corrected chi connectivity index (χ4v) is 6.08. The number of aromatic nitrogens is 1. The highest BCUT2D eigenvalue weighted by Crippen LogP contribution is 2.58. The molecule has 7 heteroatoms. The van der Waals surface area contributed by atoms with Crippen LogP contribution in [0.2, 0.25) is 0 Å². The molecule has 2 amide bonds. The minimum absolute atomic E-state index is 0.0272. The summed E-state index contributed by atoms with van der Waals surface area (Å²) in [6.45, 7) is 2.78. The maximum atomic E-state index is 13.0. The molecule has 2 aromatic rings. The fraction of sp³-hybridized carbons (Fsp3) is 0.476. The number of hydrogen-bond acceptors (Lipinski definition) is 5. The summed E-state index contributed by atoms with van der Waals surface area (Å²) in [6, 6.07) is 7.62. The van der Waals surface area contributed by atoms with E-state index in [1.807, 2.05) is 17.5 Å².